The van der Waals surface area contributed by atoms with E-state index in [1.807, 2.05) is 18.2 Å². The third kappa shape index (κ3) is 5.33. The molecular weight excluding hydrogens is 603 g/mol. The highest BCUT2D eigenvalue weighted by atomic mass is 35.5. The molecule has 0 aliphatic carbocycles. The number of nitrogens with zero attached hydrogens (tertiary/aromatic N) is 4. The number of benzene rings is 4. The van der Waals surface area contributed by atoms with Crippen molar-refractivity contribution in [3.8, 4) is 17.3 Å². The Hall–Kier alpha value is -4.70. The summed E-state index contributed by atoms with van der Waals surface area (Å²) < 4.78 is 13.0. The van der Waals surface area contributed by atoms with Gasteiger partial charge in [0, 0.05) is 37.6 Å². The van der Waals surface area contributed by atoms with Crippen LogP contribution in [0.15, 0.2) is 99.2 Å². The zero-order valence-electron chi connectivity index (χ0n) is 21.3. The van der Waals surface area contributed by atoms with Gasteiger partial charge in [-0.05, 0) is 42.5 Å². The van der Waals surface area contributed by atoms with Gasteiger partial charge in [0.05, 0.1) is 22.0 Å². The molecule has 0 N–H and O–H groups in total. The largest absolute Gasteiger partial charge is 0.481 e. The molecule has 0 amide bonds. The highest BCUT2D eigenvalue weighted by Crippen LogP contribution is 2.35. The van der Waals surface area contributed by atoms with Gasteiger partial charge in [0.2, 0.25) is 11.6 Å². The molecule has 208 valence electrons. The summed E-state index contributed by atoms with van der Waals surface area (Å²) in [6, 6.07) is 23.4. The summed E-state index contributed by atoms with van der Waals surface area (Å²) in [5.41, 5.74) is 0.888. The Labute approximate surface area is 252 Å². The SMILES string of the molecule is O=c1c2ccccc2nc(-c2cc3ccccc3o2)n1N=Cc1cc(Cl)cc([N+](=O)[O-])c1OCc1ccc(Cl)cc1Cl. The molecule has 12 heteroatoms. The molecule has 42 heavy (non-hydrogen) atoms. The standard InChI is InChI=1S/C30H17Cl3N4O5/c31-20-10-9-18(23(33)13-20)16-41-28-19(11-21(32)14-25(28)37(39)40)15-34-36-29(27-12-17-5-1-4-8-26(17)42-27)35-24-7-3-2-6-22(24)30(36)38/h1-15H,16H2. The molecule has 0 atom stereocenters. The van der Waals surface area contributed by atoms with Gasteiger partial charge in [-0.1, -0.05) is 71.2 Å². The molecule has 0 saturated carbocycles. The molecule has 6 rings (SSSR count). The van der Waals surface area contributed by atoms with Crippen LogP contribution < -0.4 is 10.3 Å². The molecular formula is C30H17Cl3N4O5. The van der Waals surface area contributed by atoms with Gasteiger partial charge in [-0.2, -0.15) is 9.78 Å². The third-order valence-corrected chi connectivity index (χ3v) is 7.16. The van der Waals surface area contributed by atoms with E-state index in [1.54, 1.807) is 54.6 Å². The highest BCUT2D eigenvalue weighted by Gasteiger charge is 2.22. The summed E-state index contributed by atoms with van der Waals surface area (Å²) >= 11 is 18.5. The van der Waals surface area contributed by atoms with E-state index >= 15 is 0 Å². The minimum atomic E-state index is -0.619. The molecule has 0 radical (unpaired) electrons. The average Bonchev–Trinajstić information content (AvgIpc) is 3.41. The van der Waals surface area contributed by atoms with E-state index in [9.17, 15) is 14.9 Å². The van der Waals surface area contributed by atoms with Crippen LogP contribution in [0.3, 0.4) is 0 Å². The second kappa shape index (κ2) is 11.3. The second-order valence-electron chi connectivity index (χ2n) is 9.09. The van der Waals surface area contributed by atoms with Crippen molar-refractivity contribution in [3.05, 3.63) is 132 Å². The van der Waals surface area contributed by atoms with Crippen molar-refractivity contribution < 1.29 is 14.1 Å². The van der Waals surface area contributed by atoms with Gasteiger partial charge in [-0.15, -0.1) is 0 Å². The van der Waals surface area contributed by atoms with Gasteiger partial charge >= 0.3 is 5.69 Å². The summed E-state index contributed by atoms with van der Waals surface area (Å²) in [7, 11) is 0. The Morgan fingerprint density at radius 2 is 1.76 bits per heavy atom. The zero-order chi connectivity index (χ0) is 29.4. The van der Waals surface area contributed by atoms with Crippen molar-refractivity contribution in [2.45, 2.75) is 6.61 Å². The lowest BCUT2D eigenvalue weighted by atomic mass is 10.1. The van der Waals surface area contributed by atoms with Gasteiger partial charge in [0.1, 0.15) is 12.2 Å². The van der Waals surface area contributed by atoms with E-state index < -0.39 is 16.2 Å². The van der Waals surface area contributed by atoms with Crippen LogP contribution >= 0.6 is 34.8 Å². The molecule has 6 aromatic rings. The van der Waals surface area contributed by atoms with Gasteiger partial charge in [0.15, 0.2) is 5.76 Å². The number of aromatic nitrogens is 2. The predicted molar refractivity (Wildman–Crippen MR) is 163 cm³/mol. The molecule has 0 fully saturated rings. The molecule has 4 aromatic carbocycles. The number of rotatable bonds is 7. The fourth-order valence-electron chi connectivity index (χ4n) is 4.38. The first-order valence-corrected chi connectivity index (χ1v) is 13.5. The van der Waals surface area contributed by atoms with Crippen LogP contribution in [0.1, 0.15) is 11.1 Å². The predicted octanol–water partition coefficient (Wildman–Crippen LogP) is 8.14. The molecule has 0 aliphatic heterocycles. The summed E-state index contributed by atoms with van der Waals surface area (Å²) in [4.78, 5) is 29.6. The second-order valence-corrected chi connectivity index (χ2v) is 10.4. The molecule has 2 aromatic heterocycles. The number of halogens is 3. The van der Waals surface area contributed by atoms with E-state index in [-0.39, 0.29) is 28.8 Å². The van der Waals surface area contributed by atoms with Crippen LogP contribution in [-0.2, 0) is 6.61 Å². The Kier molecular flexibility index (Phi) is 7.38. The van der Waals surface area contributed by atoms with Crippen LogP contribution in [0.2, 0.25) is 15.1 Å². The number of para-hydroxylation sites is 2. The van der Waals surface area contributed by atoms with Crippen molar-refractivity contribution >= 4 is 68.6 Å². The smallest absolute Gasteiger partial charge is 0.313 e. The van der Waals surface area contributed by atoms with Crippen LogP contribution in [0, 0.1) is 10.1 Å². The Balaban J connectivity index is 1.49. The Morgan fingerprint density at radius 1 is 0.976 bits per heavy atom. The number of fused-ring (bicyclic) bond motifs is 2. The number of hydrogen-bond acceptors (Lipinski definition) is 7. The molecule has 0 bridgehead atoms. The number of hydrogen-bond donors (Lipinski definition) is 0. The van der Waals surface area contributed by atoms with Gasteiger partial charge in [0.25, 0.3) is 5.56 Å². The minimum absolute atomic E-state index is 0.0708. The van der Waals surface area contributed by atoms with E-state index in [0.717, 1.165) is 10.1 Å². The monoisotopic (exact) mass is 618 g/mol. The summed E-state index contributed by atoms with van der Waals surface area (Å²) in [6.07, 6.45) is 1.25. The summed E-state index contributed by atoms with van der Waals surface area (Å²) in [5.74, 6) is 0.325. The van der Waals surface area contributed by atoms with Crippen molar-refractivity contribution in [2.24, 2.45) is 5.10 Å². The maximum atomic E-state index is 13.6. The van der Waals surface area contributed by atoms with Crippen LogP contribution in [0.5, 0.6) is 5.75 Å². The van der Waals surface area contributed by atoms with Crippen molar-refractivity contribution in [1.82, 2.24) is 9.66 Å². The number of nitro groups is 1. The lowest BCUT2D eigenvalue weighted by Gasteiger charge is -2.12. The first-order valence-electron chi connectivity index (χ1n) is 12.4. The van der Waals surface area contributed by atoms with Crippen LogP contribution in [-0.4, -0.2) is 20.8 Å². The van der Waals surface area contributed by atoms with E-state index in [2.05, 4.69) is 10.1 Å². The lowest BCUT2D eigenvalue weighted by Crippen LogP contribution is -2.20. The summed E-state index contributed by atoms with van der Waals surface area (Å²) in [5, 5.41) is 18.3. The van der Waals surface area contributed by atoms with E-state index in [1.165, 1.54) is 18.3 Å². The molecule has 0 unspecified atom stereocenters. The van der Waals surface area contributed by atoms with Crippen molar-refractivity contribution in [3.63, 3.8) is 0 Å². The number of furan rings is 1. The molecule has 0 aliphatic rings. The Morgan fingerprint density at radius 3 is 2.55 bits per heavy atom. The maximum absolute atomic E-state index is 13.6. The van der Waals surface area contributed by atoms with Crippen LogP contribution in [0.25, 0.3) is 33.5 Å². The highest BCUT2D eigenvalue weighted by molar-refractivity contribution is 6.35. The molecule has 2 heterocycles. The lowest BCUT2D eigenvalue weighted by molar-refractivity contribution is -0.385. The third-order valence-electron chi connectivity index (χ3n) is 6.36. The number of nitro benzene ring substituents is 1. The quantitative estimate of drug-likeness (QED) is 0.101. The zero-order valence-corrected chi connectivity index (χ0v) is 23.6. The van der Waals surface area contributed by atoms with Crippen molar-refractivity contribution in [2.75, 3.05) is 0 Å². The van der Waals surface area contributed by atoms with Crippen LogP contribution in [0.4, 0.5) is 5.69 Å². The molecule has 9 nitrogen and oxygen atoms in total. The minimum Gasteiger partial charge on any atom is -0.481 e. The first kappa shape index (κ1) is 27.5. The van der Waals surface area contributed by atoms with Gasteiger partial charge in [-0.25, -0.2) is 4.98 Å². The molecule has 0 saturated heterocycles. The fourth-order valence-corrected chi connectivity index (χ4v) is 5.06. The van der Waals surface area contributed by atoms with Gasteiger partial charge in [-0.3, -0.25) is 14.9 Å². The maximum Gasteiger partial charge on any atom is 0.313 e. The summed E-state index contributed by atoms with van der Waals surface area (Å²) in [6.45, 7) is -0.110. The normalized spacial score (nSPS) is 11.5. The average molecular weight is 620 g/mol. The van der Waals surface area contributed by atoms with E-state index in [0.29, 0.717) is 37.9 Å². The first-order chi connectivity index (χ1) is 20.3. The van der Waals surface area contributed by atoms with Crippen molar-refractivity contribution in [1.29, 1.82) is 0 Å². The molecule has 0 spiro atoms. The topological polar surface area (TPSA) is 113 Å². The van der Waals surface area contributed by atoms with Gasteiger partial charge < -0.3 is 9.15 Å². The number of ether oxygens (including phenoxy) is 1. The fraction of sp³-hybridized carbons (Fsp3) is 0.0333. The van der Waals surface area contributed by atoms with E-state index in [4.69, 9.17) is 44.0 Å². The Bertz CT molecular complexity index is 2070.